The molecule has 0 fully saturated rings. The molecule has 0 N–H and O–H groups in total. The summed E-state index contributed by atoms with van der Waals surface area (Å²) >= 11 is 0. The van der Waals surface area contributed by atoms with Gasteiger partial charge in [0.1, 0.15) is 64.9 Å². The summed E-state index contributed by atoms with van der Waals surface area (Å²) in [7, 11) is -2.51. The zero-order valence-corrected chi connectivity index (χ0v) is 30.9. The molecule has 0 aliphatic heterocycles. The van der Waals surface area contributed by atoms with E-state index in [9.17, 15) is 0 Å². The van der Waals surface area contributed by atoms with Gasteiger partial charge in [-0.3, -0.25) is 0 Å². The van der Waals surface area contributed by atoms with Gasteiger partial charge in [-0.25, -0.2) is 0 Å². The number of methoxy groups -OCH3 is 1. The first-order valence-corrected chi connectivity index (χ1v) is 21.5. The van der Waals surface area contributed by atoms with E-state index in [2.05, 4.69) is 200 Å². The van der Waals surface area contributed by atoms with Crippen LogP contribution in [0.5, 0.6) is 5.75 Å². The maximum Gasteiger partial charge on any atom is 0.126 e. The average Bonchev–Trinajstić information content (AvgIpc) is 3.22. The minimum Gasteiger partial charge on any atom is -0.491 e. The second-order valence-corrected chi connectivity index (χ2v) is 19.7. The molecule has 7 rings (SSSR count). The van der Waals surface area contributed by atoms with Gasteiger partial charge in [-0.05, 0) is 84.4 Å². The van der Waals surface area contributed by atoms with Crippen LogP contribution in [0.25, 0.3) is 0 Å². The van der Waals surface area contributed by atoms with E-state index in [0.717, 1.165) is 18.1 Å². The van der Waals surface area contributed by atoms with Crippen LogP contribution >= 0.6 is 14.5 Å². The number of hydrogen-bond donors (Lipinski definition) is 0. The molecule has 0 amide bonds. The van der Waals surface area contributed by atoms with Crippen LogP contribution in [0, 0.1) is 0 Å². The molecule has 51 heavy (non-hydrogen) atoms. The van der Waals surface area contributed by atoms with Gasteiger partial charge < -0.3 is 9.47 Å². The number of benzene rings is 7. The summed E-state index contributed by atoms with van der Waals surface area (Å²) in [4.78, 5) is 0. The summed E-state index contributed by atoms with van der Waals surface area (Å²) in [5.74, 6) is 0.934. The first kappa shape index (κ1) is 34.6. The van der Waals surface area contributed by atoms with Gasteiger partial charge in [0.05, 0.1) is 12.8 Å². The van der Waals surface area contributed by atoms with Gasteiger partial charge in [-0.15, -0.1) is 0 Å². The Bertz CT molecular complexity index is 1900. The van der Waals surface area contributed by atoms with E-state index in [1.807, 2.05) is 0 Å². The maximum atomic E-state index is 6.71. The van der Waals surface area contributed by atoms with Crippen LogP contribution in [-0.4, -0.2) is 20.3 Å². The van der Waals surface area contributed by atoms with Crippen molar-refractivity contribution in [3.63, 3.8) is 0 Å². The van der Waals surface area contributed by atoms with E-state index in [0.29, 0.717) is 13.2 Å². The molecule has 4 heteroatoms. The lowest BCUT2D eigenvalue weighted by atomic mass is 10.1. The molecule has 7 aromatic carbocycles. The number of rotatable bonds is 14. The van der Waals surface area contributed by atoms with Crippen molar-refractivity contribution in [2.24, 2.45) is 0 Å². The summed E-state index contributed by atoms with van der Waals surface area (Å²) in [6, 6.07) is 73.6. The lowest BCUT2D eigenvalue weighted by Crippen LogP contribution is -2.33. The minimum absolute atomic E-state index is 0.483. The molecule has 0 radical (unpaired) electrons. The topological polar surface area (TPSA) is 18.5 Å². The Kier molecular flexibility index (Phi) is 11.2. The highest BCUT2D eigenvalue weighted by molar-refractivity contribution is 7.95. The summed E-state index contributed by atoms with van der Waals surface area (Å²) in [5, 5.41) is 8.19. The van der Waals surface area contributed by atoms with Gasteiger partial charge >= 0.3 is 0 Å². The van der Waals surface area contributed by atoms with Crippen LogP contribution < -0.4 is 36.6 Å². The van der Waals surface area contributed by atoms with Crippen molar-refractivity contribution in [2.45, 2.75) is 12.3 Å². The van der Waals surface area contributed by atoms with Gasteiger partial charge in [0.2, 0.25) is 0 Å². The second-order valence-electron chi connectivity index (χ2n) is 12.7. The Hall–Kier alpha value is -4.84. The van der Waals surface area contributed by atoms with E-state index in [1.165, 1.54) is 43.0 Å². The Morgan fingerprint density at radius 1 is 0.373 bits per heavy atom. The van der Waals surface area contributed by atoms with Gasteiger partial charge in [-0.1, -0.05) is 121 Å². The van der Waals surface area contributed by atoms with Crippen molar-refractivity contribution >= 4 is 46.4 Å². The van der Waals surface area contributed by atoms with E-state index >= 15 is 0 Å². The van der Waals surface area contributed by atoms with Crippen molar-refractivity contribution < 1.29 is 9.47 Å². The quantitative estimate of drug-likeness (QED) is 0.0835. The van der Waals surface area contributed by atoms with E-state index in [4.69, 9.17) is 9.47 Å². The van der Waals surface area contributed by atoms with E-state index in [1.54, 1.807) is 7.11 Å². The van der Waals surface area contributed by atoms with Crippen molar-refractivity contribution in [3.8, 4) is 5.75 Å². The number of ether oxygens (including phenoxy) is 2. The zero-order valence-electron chi connectivity index (χ0n) is 29.1. The third-order valence-corrected chi connectivity index (χ3v) is 18.4. The van der Waals surface area contributed by atoms with Crippen LogP contribution in [0.15, 0.2) is 200 Å². The third kappa shape index (κ3) is 7.33. The molecule has 0 aliphatic rings. The highest BCUT2D eigenvalue weighted by Gasteiger charge is 2.47. The Morgan fingerprint density at radius 3 is 1.04 bits per heavy atom. The second kappa shape index (κ2) is 16.5. The van der Waals surface area contributed by atoms with Crippen molar-refractivity contribution in [1.29, 1.82) is 0 Å². The molecular formula is C47H44O2P2+2. The highest BCUT2D eigenvalue weighted by Crippen LogP contribution is 2.60. The highest BCUT2D eigenvalue weighted by atomic mass is 31.2. The Morgan fingerprint density at radius 2 is 0.706 bits per heavy atom. The van der Waals surface area contributed by atoms with Crippen molar-refractivity contribution in [3.05, 3.63) is 211 Å². The largest absolute Gasteiger partial charge is 0.491 e. The monoisotopic (exact) mass is 702 g/mol. The SMILES string of the molecule is COCCOc1cc(C[P+](c2ccccc2)(c2ccccc2)c2ccccc2)ccc1C[P+](c1ccccc1)(c1ccccc1)c1ccccc1. The molecule has 2 nitrogen and oxygen atoms in total. The van der Waals surface area contributed by atoms with Gasteiger partial charge in [0.25, 0.3) is 0 Å². The number of hydrogen-bond acceptors (Lipinski definition) is 2. The predicted octanol–water partition coefficient (Wildman–Crippen LogP) is 8.70. The molecular weight excluding hydrogens is 658 g/mol. The van der Waals surface area contributed by atoms with Crippen LogP contribution in [0.1, 0.15) is 11.1 Å². The summed E-state index contributed by atoms with van der Waals surface area (Å²) in [6.07, 6.45) is 1.71. The van der Waals surface area contributed by atoms with Crippen LogP contribution in [0.3, 0.4) is 0 Å². The van der Waals surface area contributed by atoms with Crippen LogP contribution in [0.2, 0.25) is 0 Å². The first-order valence-electron chi connectivity index (χ1n) is 17.6. The molecule has 0 aliphatic carbocycles. The van der Waals surface area contributed by atoms with Gasteiger partial charge in [0.15, 0.2) is 0 Å². The predicted molar refractivity (Wildman–Crippen MR) is 222 cm³/mol. The summed E-state index contributed by atoms with van der Waals surface area (Å²) in [5.41, 5.74) is 2.47. The molecule has 252 valence electrons. The molecule has 0 aromatic heterocycles. The Labute approximate surface area is 304 Å². The fourth-order valence-electron chi connectivity index (χ4n) is 7.26. The Balaban J connectivity index is 1.40. The fraction of sp³-hybridized carbons (Fsp3) is 0.106. The molecule has 0 heterocycles. The molecule has 0 unspecified atom stereocenters. The zero-order chi connectivity index (χ0) is 34.8. The molecule has 0 saturated carbocycles. The average molecular weight is 703 g/mol. The molecule has 7 aromatic rings. The summed E-state index contributed by atoms with van der Waals surface area (Å²) in [6.45, 7) is 1.01. The molecule has 0 atom stereocenters. The fourth-order valence-corrected chi connectivity index (χ4v) is 15.8. The lowest BCUT2D eigenvalue weighted by molar-refractivity contribution is 0.146. The van der Waals surface area contributed by atoms with Gasteiger partial charge in [0, 0.05) is 12.7 Å². The van der Waals surface area contributed by atoms with Crippen molar-refractivity contribution in [1.82, 2.24) is 0 Å². The van der Waals surface area contributed by atoms with Crippen LogP contribution in [-0.2, 0) is 17.1 Å². The molecule has 0 bridgehead atoms. The minimum atomic E-state index is -2.14. The molecule has 0 saturated heterocycles. The standard InChI is InChI=1S/C47H44O2P2/c1-48-34-35-49-47-36-39(37-50(41-20-8-2-9-21-41,42-22-10-3-11-23-42)43-24-12-4-13-25-43)32-33-40(47)38-51(44-26-14-5-15-27-44,45-28-16-6-17-29-45)46-30-18-7-19-31-46/h2-33,36H,34-35,37-38H2,1H3/q+2. The van der Waals surface area contributed by atoms with E-state index in [-0.39, 0.29) is 0 Å². The first-order chi connectivity index (χ1) is 25.2. The van der Waals surface area contributed by atoms with E-state index < -0.39 is 14.5 Å². The third-order valence-electron chi connectivity index (χ3n) is 9.69. The van der Waals surface area contributed by atoms with Gasteiger partial charge in [-0.2, -0.15) is 0 Å². The smallest absolute Gasteiger partial charge is 0.126 e. The summed E-state index contributed by atoms with van der Waals surface area (Å²) < 4.78 is 12.2. The normalized spacial score (nSPS) is 11.6. The molecule has 0 spiro atoms. The lowest BCUT2D eigenvalue weighted by Gasteiger charge is -2.29. The maximum absolute atomic E-state index is 6.71. The van der Waals surface area contributed by atoms with Crippen LogP contribution in [0.4, 0.5) is 0 Å². The van der Waals surface area contributed by atoms with Crippen molar-refractivity contribution in [2.75, 3.05) is 20.3 Å².